The van der Waals surface area contributed by atoms with Gasteiger partial charge in [-0.15, -0.1) is 0 Å². The Labute approximate surface area is 157 Å². The fourth-order valence-corrected chi connectivity index (χ4v) is 3.67. The van der Waals surface area contributed by atoms with Crippen LogP contribution in [0.1, 0.15) is 23.7 Å². The molecule has 1 heterocycles. The first-order valence-electron chi connectivity index (χ1n) is 8.35. The highest BCUT2D eigenvalue weighted by molar-refractivity contribution is 7.92. The second kappa shape index (κ2) is 7.67. The number of sulfonamides is 1. The molecule has 0 fully saturated rings. The van der Waals surface area contributed by atoms with E-state index >= 15 is 0 Å². The molecular weight excluding hydrogens is 370 g/mol. The molecule has 2 aromatic rings. The lowest BCUT2D eigenvalue weighted by Crippen LogP contribution is -2.25. The molecule has 1 aliphatic heterocycles. The fourth-order valence-electron chi connectivity index (χ4n) is 2.54. The maximum absolute atomic E-state index is 12.4. The largest absolute Gasteiger partial charge is 0.482 e. The van der Waals surface area contributed by atoms with Crippen LogP contribution in [-0.4, -0.2) is 32.6 Å². The summed E-state index contributed by atoms with van der Waals surface area (Å²) in [7, 11) is -3.36. The van der Waals surface area contributed by atoms with Crippen molar-refractivity contribution in [1.82, 2.24) is 0 Å². The third-order valence-electron chi connectivity index (χ3n) is 3.77. The number of hydrogen-bond donors (Lipinski definition) is 3. The Morgan fingerprint density at radius 1 is 1.15 bits per heavy atom. The normalized spacial score (nSPS) is 13.1. The second-order valence-electron chi connectivity index (χ2n) is 6.00. The molecule has 3 rings (SSSR count). The van der Waals surface area contributed by atoms with Gasteiger partial charge in [0.1, 0.15) is 5.75 Å². The lowest BCUT2D eigenvalue weighted by Gasteiger charge is -2.18. The summed E-state index contributed by atoms with van der Waals surface area (Å²) in [6.07, 6.45) is 0.525. The van der Waals surface area contributed by atoms with Crippen LogP contribution < -0.4 is 20.1 Å². The standard InChI is InChI=1S/C18H19N3O5S/c1-2-9-27(24,25)21-14-6-4-13(5-7-14)19-18(23)12-3-8-15-16(10-12)26-11-17(22)20-15/h3-8,10,21H,2,9,11H2,1H3,(H,19,23)(H,20,22). The molecule has 8 nitrogen and oxygen atoms in total. The van der Waals surface area contributed by atoms with Crippen molar-refractivity contribution in [2.75, 3.05) is 27.7 Å². The topological polar surface area (TPSA) is 114 Å². The molecule has 27 heavy (non-hydrogen) atoms. The molecule has 9 heteroatoms. The van der Waals surface area contributed by atoms with E-state index in [4.69, 9.17) is 4.74 Å². The van der Waals surface area contributed by atoms with Crippen LogP contribution in [0.3, 0.4) is 0 Å². The molecule has 0 aliphatic carbocycles. The number of anilines is 3. The average molecular weight is 389 g/mol. The van der Waals surface area contributed by atoms with Crippen LogP contribution in [0.25, 0.3) is 0 Å². The van der Waals surface area contributed by atoms with Crippen molar-refractivity contribution in [2.24, 2.45) is 0 Å². The highest BCUT2D eigenvalue weighted by atomic mass is 32.2. The maximum atomic E-state index is 12.4. The quantitative estimate of drug-likeness (QED) is 0.702. The number of hydrogen-bond acceptors (Lipinski definition) is 5. The van der Waals surface area contributed by atoms with E-state index in [1.165, 1.54) is 0 Å². The lowest BCUT2D eigenvalue weighted by molar-refractivity contribution is -0.118. The summed E-state index contributed by atoms with van der Waals surface area (Å²) in [5.74, 6) is -0.110. The molecule has 0 aromatic heterocycles. The molecule has 0 spiro atoms. The monoisotopic (exact) mass is 389 g/mol. The smallest absolute Gasteiger partial charge is 0.262 e. The third kappa shape index (κ3) is 4.76. The van der Waals surface area contributed by atoms with Crippen molar-refractivity contribution in [2.45, 2.75) is 13.3 Å². The summed E-state index contributed by atoms with van der Waals surface area (Å²) in [5, 5.41) is 5.39. The first-order chi connectivity index (χ1) is 12.9. The molecule has 1 aliphatic rings. The van der Waals surface area contributed by atoms with Gasteiger partial charge >= 0.3 is 0 Å². The molecule has 2 aromatic carbocycles. The van der Waals surface area contributed by atoms with Crippen molar-refractivity contribution < 1.29 is 22.7 Å². The van der Waals surface area contributed by atoms with Gasteiger partial charge in [-0.25, -0.2) is 8.42 Å². The van der Waals surface area contributed by atoms with E-state index in [0.717, 1.165) is 0 Å². The molecule has 3 N–H and O–H groups in total. The molecule has 0 unspecified atom stereocenters. The van der Waals surface area contributed by atoms with Gasteiger partial charge in [0, 0.05) is 16.9 Å². The summed E-state index contributed by atoms with van der Waals surface area (Å²) in [4.78, 5) is 23.7. The van der Waals surface area contributed by atoms with Gasteiger partial charge < -0.3 is 15.4 Å². The number of amides is 2. The molecule has 0 atom stereocenters. The maximum Gasteiger partial charge on any atom is 0.262 e. The summed E-state index contributed by atoms with van der Waals surface area (Å²) in [6.45, 7) is 1.70. The molecule has 0 saturated heterocycles. The van der Waals surface area contributed by atoms with E-state index in [0.29, 0.717) is 34.8 Å². The summed E-state index contributed by atoms with van der Waals surface area (Å²) < 4.78 is 31.3. The van der Waals surface area contributed by atoms with Gasteiger partial charge in [0.25, 0.3) is 11.8 Å². The van der Waals surface area contributed by atoms with E-state index in [9.17, 15) is 18.0 Å². The number of benzene rings is 2. The van der Waals surface area contributed by atoms with Crippen LogP contribution in [0.15, 0.2) is 42.5 Å². The molecule has 0 saturated carbocycles. The van der Waals surface area contributed by atoms with Gasteiger partial charge in [-0.3, -0.25) is 14.3 Å². The number of rotatable bonds is 6. The zero-order chi connectivity index (χ0) is 19.4. The van der Waals surface area contributed by atoms with Crippen LogP contribution in [0, 0.1) is 0 Å². The van der Waals surface area contributed by atoms with E-state index in [1.54, 1.807) is 49.4 Å². The minimum Gasteiger partial charge on any atom is -0.482 e. The number of nitrogens with one attached hydrogen (secondary N) is 3. The van der Waals surface area contributed by atoms with E-state index in [-0.39, 0.29) is 24.2 Å². The fraction of sp³-hybridized carbons (Fsp3) is 0.222. The highest BCUT2D eigenvalue weighted by Gasteiger charge is 2.18. The van der Waals surface area contributed by atoms with Gasteiger partial charge in [0.05, 0.1) is 11.4 Å². The summed E-state index contributed by atoms with van der Waals surface area (Å²) in [5.41, 5.74) is 1.84. The van der Waals surface area contributed by atoms with Gasteiger partial charge in [-0.2, -0.15) is 0 Å². The average Bonchev–Trinajstić information content (AvgIpc) is 2.62. The first-order valence-corrected chi connectivity index (χ1v) is 10.00. The van der Waals surface area contributed by atoms with Crippen molar-refractivity contribution in [3.8, 4) is 5.75 Å². The summed E-state index contributed by atoms with van der Waals surface area (Å²) >= 11 is 0. The van der Waals surface area contributed by atoms with E-state index in [1.807, 2.05) is 0 Å². The molecule has 142 valence electrons. The lowest BCUT2D eigenvalue weighted by atomic mass is 10.1. The van der Waals surface area contributed by atoms with Crippen molar-refractivity contribution in [1.29, 1.82) is 0 Å². The second-order valence-corrected chi connectivity index (χ2v) is 7.84. The summed E-state index contributed by atoms with van der Waals surface area (Å²) in [6, 6.07) is 11.1. The Kier molecular flexibility index (Phi) is 5.31. The number of ether oxygens (including phenoxy) is 1. The van der Waals surface area contributed by atoms with Crippen LogP contribution in [0.5, 0.6) is 5.75 Å². The van der Waals surface area contributed by atoms with Gasteiger partial charge in [-0.05, 0) is 48.9 Å². The first kappa shape index (κ1) is 18.7. The van der Waals surface area contributed by atoms with Crippen molar-refractivity contribution in [3.63, 3.8) is 0 Å². The van der Waals surface area contributed by atoms with E-state index in [2.05, 4.69) is 15.4 Å². The Hall–Kier alpha value is -3.07. The highest BCUT2D eigenvalue weighted by Crippen LogP contribution is 2.28. The van der Waals surface area contributed by atoms with Crippen molar-refractivity contribution >= 4 is 38.9 Å². The van der Waals surface area contributed by atoms with Crippen LogP contribution in [-0.2, 0) is 14.8 Å². The predicted molar refractivity (Wildman–Crippen MR) is 103 cm³/mol. The van der Waals surface area contributed by atoms with Gasteiger partial charge in [-0.1, -0.05) is 6.92 Å². The molecule has 0 bridgehead atoms. The molecular formula is C18H19N3O5S. The minimum atomic E-state index is -3.36. The SMILES string of the molecule is CCCS(=O)(=O)Nc1ccc(NC(=O)c2ccc3c(c2)OCC(=O)N3)cc1. The van der Waals surface area contributed by atoms with Gasteiger partial charge in [0.15, 0.2) is 6.61 Å². The Morgan fingerprint density at radius 2 is 1.85 bits per heavy atom. The van der Waals surface area contributed by atoms with Crippen LogP contribution in [0.2, 0.25) is 0 Å². The zero-order valence-electron chi connectivity index (χ0n) is 14.6. The number of carbonyl (C=O) groups is 2. The van der Waals surface area contributed by atoms with Crippen molar-refractivity contribution in [3.05, 3.63) is 48.0 Å². The molecule has 0 radical (unpaired) electrons. The number of carbonyl (C=O) groups excluding carboxylic acids is 2. The predicted octanol–water partition coefficient (Wildman–Crippen LogP) is 2.42. The van der Waals surface area contributed by atoms with Gasteiger partial charge in [0.2, 0.25) is 10.0 Å². The van der Waals surface area contributed by atoms with Crippen LogP contribution >= 0.6 is 0 Å². The third-order valence-corrected chi connectivity index (χ3v) is 5.26. The minimum absolute atomic E-state index is 0.0480. The van der Waals surface area contributed by atoms with Crippen LogP contribution in [0.4, 0.5) is 17.1 Å². The number of fused-ring (bicyclic) bond motifs is 1. The van der Waals surface area contributed by atoms with E-state index < -0.39 is 10.0 Å². The molecule has 2 amide bonds. The Balaban J connectivity index is 1.67. The Morgan fingerprint density at radius 3 is 2.56 bits per heavy atom. The Bertz CT molecular complexity index is 971. The zero-order valence-corrected chi connectivity index (χ0v) is 15.4.